The summed E-state index contributed by atoms with van der Waals surface area (Å²) in [7, 11) is 0. The third-order valence-electron chi connectivity index (χ3n) is 3.14. The van der Waals surface area contributed by atoms with Crippen LogP contribution in [0.25, 0.3) is 0 Å². The summed E-state index contributed by atoms with van der Waals surface area (Å²) in [6.07, 6.45) is 2.97. The van der Waals surface area contributed by atoms with Crippen LogP contribution in [0.1, 0.15) is 22.4 Å². The maximum absolute atomic E-state index is 5.59. The van der Waals surface area contributed by atoms with E-state index in [1.54, 1.807) is 11.3 Å². The van der Waals surface area contributed by atoms with E-state index in [1.807, 2.05) is 18.3 Å². The number of fused-ring (bicyclic) bond motifs is 1. The van der Waals surface area contributed by atoms with Crippen LogP contribution in [-0.4, -0.2) is 18.2 Å². The molecule has 20 heavy (non-hydrogen) atoms. The monoisotopic (exact) mass is 290 g/mol. The molecule has 0 bridgehead atoms. The van der Waals surface area contributed by atoms with Crippen molar-refractivity contribution in [3.63, 3.8) is 0 Å². The first-order valence-electron chi connectivity index (χ1n) is 6.88. The van der Waals surface area contributed by atoms with Crippen molar-refractivity contribution in [2.45, 2.75) is 26.4 Å². The number of nitrogens with zero attached hydrogens (tertiary/aromatic N) is 1. The fourth-order valence-electron chi connectivity index (χ4n) is 2.12. The lowest BCUT2D eigenvalue weighted by Gasteiger charge is -2.18. The van der Waals surface area contributed by atoms with E-state index in [4.69, 9.17) is 9.47 Å². The summed E-state index contributed by atoms with van der Waals surface area (Å²) in [5.41, 5.74) is 1.20. The second-order valence-corrected chi connectivity index (χ2v) is 5.86. The van der Waals surface area contributed by atoms with Gasteiger partial charge in [0.1, 0.15) is 13.2 Å². The van der Waals surface area contributed by atoms with Crippen molar-refractivity contribution < 1.29 is 9.47 Å². The third kappa shape index (κ3) is 3.11. The Hall–Kier alpha value is -1.59. The average molecular weight is 290 g/mol. The van der Waals surface area contributed by atoms with Gasteiger partial charge in [-0.1, -0.05) is 13.0 Å². The Kier molecular flexibility index (Phi) is 4.18. The Balaban J connectivity index is 1.55. The summed E-state index contributed by atoms with van der Waals surface area (Å²) in [5.74, 6) is 1.69. The highest BCUT2D eigenvalue weighted by Gasteiger charge is 2.11. The summed E-state index contributed by atoms with van der Waals surface area (Å²) in [6, 6.07) is 6.10. The lowest BCUT2D eigenvalue weighted by molar-refractivity contribution is 0.171. The van der Waals surface area contributed by atoms with E-state index in [9.17, 15) is 0 Å². The van der Waals surface area contributed by atoms with Gasteiger partial charge in [-0.3, -0.25) is 0 Å². The fourth-order valence-corrected chi connectivity index (χ4v) is 2.95. The molecule has 5 heteroatoms. The van der Waals surface area contributed by atoms with E-state index in [1.165, 1.54) is 15.4 Å². The molecular weight excluding hydrogens is 272 g/mol. The zero-order valence-corrected chi connectivity index (χ0v) is 12.3. The fraction of sp³-hybridized carbons (Fsp3) is 0.400. The summed E-state index contributed by atoms with van der Waals surface area (Å²) in [6.45, 7) is 5.06. The normalized spacial score (nSPS) is 13.4. The molecule has 0 unspecified atom stereocenters. The molecule has 0 fully saturated rings. The summed E-state index contributed by atoms with van der Waals surface area (Å²) >= 11 is 1.77. The van der Waals surface area contributed by atoms with Crippen molar-refractivity contribution in [1.29, 1.82) is 0 Å². The molecule has 1 aromatic heterocycles. The molecule has 0 aliphatic carbocycles. The van der Waals surface area contributed by atoms with Gasteiger partial charge < -0.3 is 14.8 Å². The molecule has 4 nitrogen and oxygen atoms in total. The molecule has 2 aromatic rings. The maximum Gasteiger partial charge on any atom is 0.161 e. The first-order valence-corrected chi connectivity index (χ1v) is 7.69. The lowest BCUT2D eigenvalue weighted by atomic mass is 10.2. The number of aromatic nitrogens is 1. The van der Waals surface area contributed by atoms with E-state index in [2.05, 4.69) is 23.3 Å². The second kappa shape index (κ2) is 6.24. The minimum absolute atomic E-state index is 0.630. The highest BCUT2D eigenvalue weighted by molar-refractivity contribution is 7.11. The van der Waals surface area contributed by atoms with Gasteiger partial charge in [-0.2, -0.15) is 0 Å². The van der Waals surface area contributed by atoms with Gasteiger partial charge in [0.05, 0.1) is 5.01 Å². The lowest BCUT2D eigenvalue weighted by Crippen LogP contribution is -2.16. The van der Waals surface area contributed by atoms with Gasteiger partial charge in [-0.15, -0.1) is 11.3 Å². The van der Waals surface area contributed by atoms with Crippen LogP contribution in [0.15, 0.2) is 24.4 Å². The molecule has 1 aromatic carbocycles. The number of ether oxygens (including phenoxy) is 2. The van der Waals surface area contributed by atoms with Crippen LogP contribution in [0.5, 0.6) is 11.5 Å². The number of rotatable bonds is 5. The minimum Gasteiger partial charge on any atom is -0.486 e. The van der Waals surface area contributed by atoms with E-state index in [-0.39, 0.29) is 0 Å². The van der Waals surface area contributed by atoms with Crippen LogP contribution in [0.4, 0.5) is 0 Å². The highest BCUT2D eigenvalue weighted by atomic mass is 32.1. The molecule has 0 saturated carbocycles. The molecule has 1 N–H and O–H groups in total. The first kappa shape index (κ1) is 13.4. The molecule has 1 aliphatic rings. The van der Waals surface area contributed by atoms with Gasteiger partial charge in [-0.25, -0.2) is 4.98 Å². The van der Waals surface area contributed by atoms with Gasteiger partial charge in [0.2, 0.25) is 0 Å². The molecule has 106 valence electrons. The predicted molar refractivity (Wildman–Crippen MR) is 79.5 cm³/mol. The zero-order valence-electron chi connectivity index (χ0n) is 11.5. The highest BCUT2D eigenvalue weighted by Crippen LogP contribution is 2.30. The summed E-state index contributed by atoms with van der Waals surface area (Å²) in [5, 5.41) is 4.63. The van der Waals surface area contributed by atoms with Gasteiger partial charge in [-0.05, 0) is 24.1 Å². The van der Waals surface area contributed by atoms with Crippen LogP contribution >= 0.6 is 11.3 Å². The standard InChI is InChI=1S/C15H18N2O2S/c1-2-15-17-10-12(20-15)9-16-8-11-3-4-13-14(7-11)19-6-5-18-13/h3-4,7,10,16H,2,5-6,8-9H2,1H3. The number of hydrogen-bond acceptors (Lipinski definition) is 5. The van der Waals surface area contributed by atoms with E-state index < -0.39 is 0 Å². The van der Waals surface area contributed by atoms with E-state index in [0.717, 1.165) is 31.0 Å². The SMILES string of the molecule is CCc1ncc(CNCc2ccc3c(c2)OCCO3)s1. The van der Waals surface area contributed by atoms with Crippen LogP contribution in [-0.2, 0) is 19.5 Å². The topological polar surface area (TPSA) is 43.4 Å². The number of thiazole rings is 1. The van der Waals surface area contributed by atoms with Gasteiger partial charge in [0.15, 0.2) is 11.5 Å². The summed E-state index contributed by atoms with van der Waals surface area (Å²) in [4.78, 5) is 5.64. The van der Waals surface area contributed by atoms with Crippen molar-refractivity contribution in [3.8, 4) is 11.5 Å². The van der Waals surface area contributed by atoms with Crippen molar-refractivity contribution in [2.24, 2.45) is 0 Å². The Morgan fingerprint density at radius 3 is 2.85 bits per heavy atom. The van der Waals surface area contributed by atoms with Crippen LogP contribution in [0, 0.1) is 0 Å². The van der Waals surface area contributed by atoms with Crippen molar-refractivity contribution in [2.75, 3.05) is 13.2 Å². The number of hydrogen-bond donors (Lipinski definition) is 1. The number of nitrogens with one attached hydrogen (secondary N) is 1. The Bertz CT molecular complexity index is 583. The molecular formula is C15H18N2O2S. The molecule has 0 amide bonds. The predicted octanol–water partition coefficient (Wildman–Crippen LogP) is 2.77. The van der Waals surface area contributed by atoms with E-state index in [0.29, 0.717) is 13.2 Å². The molecule has 0 saturated heterocycles. The Morgan fingerprint density at radius 2 is 2.05 bits per heavy atom. The van der Waals surface area contributed by atoms with Crippen LogP contribution in [0.2, 0.25) is 0 Å². The summed E-state index contributed by atoms with van der Waals surface area (Å²) < 4.78 is 11.1. The van der Waals surface area contributed by atoms with Crippen LogP contribution < -0.4 is 14.8 Å². The zero-order chi connectivity index (χ0) is 13.8. The Morgan fingerprint density at radius 1 is 1.20 bits per heavy atom. The second-order valence-electron chi connectivity index (χ2n) is 4.66. The molecule has 3 rings (SSSR count). The number of aryl methyl sites for hydroxylation is 1. The van der Waals surface area contributed by atoms with E-state index >= 15 is 0 Å². The van der Waals surface area contributed by atoms with Gasteiger partial charge in [0, 0.05) is 24.2 Å². The van der Waals surface area contributed by atoms with Crippen molar-refractivity contribution in [3.05, 3.63) is 39.8 Å². The van der Waals surface area contributed by atoms with Crippen molar-refractivity contribution >= 4 is 11.3 Å². The van der Waals surface area contributed by atoms with Gasteiger partial charge >= 0.3 is 0 Å². The molecule has 0 atom stereocenters. The minimum atomic E-state index is 0.630. The smallest absolute Gasteiger partial charge is 0.161 e. The van der Waals surface area contributed by atoms with Gasteiger partial charge in [0.25, 0.3) is 0 Å². The maximum atomic E-state index is 5.59. The molecule has 1 aliphatic heterocycles. The first-order chi connectivity index (χ1) is 9.85. The Labute approximate surface area is 122 Å². The number of benzene rings is 1. The third-order valence-corrected chi connectivity index (χ3v) is 4.28. The average Bonchev–Trinajstić information content (AvgIpc) is 2.95. The molecule has 2 heterocycles. The van der Waals surface area contributed by atoms with Crippen LogP contribution in [0.3, 0.4) is 0 Å². The molecule has 0 spiro atoms. The van der Waals surface area contributed by atoms with Crippen molar-refractivity contribution in [1.82, 2.24) is 10.3 Å². The molecule has 0 radical (unpaired) electrons. The largest absolute Gasteiger partial charge is 0.486 e. The quantitative estimate of drug-likeness (QED) is 0.919.